The van der Waals surface area contributed by atoms with Gasteiger partial charge in [0.25, 0.3) is 5.91 Å². The van der Waals surface area contributed by atoms with Gasteiger partial charge in [-0.15, -0.1) is 0 Å². The summed E-state index contributed by atoms with van der Waals surface area (Å²) in [4.78, 5) is 17.6. The number of amides is 1. The molecule has 0 radical (unpaired) electrons. The first-order valence-corrected chi connectivity index (χ1v) is 7.48. The number of hydrogen-bond acceptors (Lipinski definition) is 4. The van der Waals surface area contributed by atoms with Gasteiger partial charge < -0.3 is 16.0 Å². The van der Waals surface area contributed by atoms with Crippen LogP contribution in [0.5, 0.6) is 0 Å². The average Bonchev–Trinajstić information content (AvgIpc) is 3.02. The molecule has 108 valence electrons. The summed E-state index contributed by atoms with van der Waals surface area (Å²) in [6.07, 6.45) is 6.76. The first-order valence-electron chi connectivity index (χ1n) is 7.48. The number of carbonyl (C=O) groups excluding carboxylic acids is 1. The van der Waals surface area contributed by atoms with E-state index in [0.29, 0.717) is 17.7 Å². The van der Waals surface area contributed by atoms with Crippen LogP contribution in [-0.4, -0.2) is 36.6 Å². The summed E-state index contributed by atoms with van der Waals surface area (Å²) < 4.78 is 0. The van der Waals surface area contributed by atoms with Gasteiger partial charge in [-0.05, 0) is 50.3 Å². The molecular formula is C15H22N4O. The highest BCUT2D eigenvalue weighted by molar-refractivity contribution is 5.91. The summed E-state index contributed by atoms with van der Waals surface area (Å²) in [5.41, 5.74) is 6.73. The molecule has 3 rings (SSSR count). The number of nitrogens with two attached hydrogens (primary N) is 1. The van der Waals surface area contributed by atoms with Crippen LogP contribution in [0.1, 0.15) is 36.2 Å². The van der Waals surface area contributed by atoms with Crippen molar-refractivity contribution in [2.75, 3.05) is 24.5 Å². The number of aromatic nitrogens is 1. The Hall–Kier alpha value is -1.62. The molecule has 2 saturated heterocycles. The summed E-state index contributed by atoms with van der Waals surface area (Å²) in [6.45, 7) is 3.26. The molecule has 5 heteroatoms. The normalized spacial score (nSPS) is 26.7. The zero-order valence-electron chi connectivity index (χ0n) is 11.7. The van der Waals surface area contributed by atoms with Crippen molar-refractivity contribution in [3.05, 3.63) is 24.0 Å². The Balaban J connectivity index is 1.72. The van der Waals surface area contributed by atoms with E-state index >= 15 is 0 Å². The molecule has 0 bridgehead atoms. The van der Waals surface area contributed by atoms with Crippen molar-refractivity contribution >= 4 is 11.6 Å². The van der Waals surface area contributed by atoms with E-state index in [1.807, 2.05) is 12.1 Å². The third-order valence-corrected chi connectivity index (χ3v) is 4.49. The molecule has 3 N–H and O–H groups in total. The lowest BCUT2D eigenvalue weighted by atomic mass is 9.89. The van der Waals surface area contributed by atoms with Crippen molar-refractivity contribution in [3.8, 4) is 0 Å². The van der Waals surface area contributed by atoms with Gasteiger partial charge in [0, 0.05) is 31.0 Å². The standard InChI is InChI=1S/C15H22N4O/c16-15(20)14-9-12(5-7-18-14)19-8-2-3-11(10-19)13-4-1-6-17-13/h5,7,9,11,13,17H,1-4,6,8,10H2,(H2,16,20). The lowest BCUT2D eigenvalue weighted by Crippen LogP contribution is -2.43. The van der Waals surface area contributed by atoms with Crippen LogP contribution in [0.15, 0.2) is 18.3 Å². The fourth-order valence-corrected chi connectivity index (χ4v) is 3.44. The molecular weight excluding hydrogens is 252 g/mol. The Labute approximate surface area is 119 Å². The van der Waals surface area contributed by atoms with Crippen LogP contribution in [0.2, 0.25) is 0 Å². The van der Waals surface area contributed by atoms with Crippen molar-refractivity contribution in [1.29, 1.82) is 0 Å². The largest absolute Gasteiger partial charge is 0.371 e. The number of rotatable bonds is 3. The van der Waals surface area contributed by atoms with Crippen molar-refractivity contribution < 1.29 is 4.79 Å². The average molecular weight is 274 g/mol. The van der Waals surface area contributed by atoms with Gasteiger partial charge in [-0.3, -0.25) is 9.78 Å². The van der Waals surface area contributed by atoms with Gasteiger partial charge in [-0.25, -0.2) is 0 Å². The number of carbonyl (C=O) groups is 1. The highest BCUT2D eigenvalue weighted by Gasteiger charge is 2.29. The highest BCUT2D eigenvalue weighted by Crippen LogP contribution is 2.28. The molecule has 0 aromatic carbocycles. The van der Waals surface area contributed by atoms with Crippen molar-refractivity contribution in [2.24, 2.45) is 11.7 Å². The highest BCUT2D eigenvalue weighted by atomic mass is 16.1. The van der Waals surface area contributed by atoms with Crippen molar-refractivity contribution in [1.82, 2.24) is 10.3 Å². The molecule has 2 aliphatic rings. The Bertz CT molecular complexity index is 485. The fraction of sp³-hybridized carbons (Fsp3) is 0.600. The first-order chi connectivity index (χ1) is 9.74. The van der Waals surface area contributed by atoms with E-state index < -0.39 is 5.91 Å². The Morgan fingerprint density at radius 2 is 2.30 bits per heavy atom. The Kier molecular flexibility index (Phi) is 3.87. The van der Waals surface area contributed by atoms with Gasteiger partial charge in [0.1, 0.15) is 5.69 Å². The van der Waals surface area contributed by atoms with Crippen LogP contribution in [-0.2, 0) is 0 Å². The van der Waals surface area contributed by atoms with E-state index in [2.05, 4.69) is 15.2 Å². The van der Waals surface area contributed by atoms with Crippen LogP contribution in [0.3, 0.4) is 0 Å². The third kappa shape index (κ3) is 2.77. The SMILES string of the molecule is NC(=O)c1cc(N2CCCC(C3CCCN3)C2)ccn1. The van der Waals surface area contributed by atoms with Gasteiger partial charge in [0.15, 0.2) is 0 Å². The Morgan fingerprint density at radius 3 is 3.05 bits per heavy atom. The van der Waals surface area contributed by atoms with E-state index in [-0.39, 0.29) is 0 Å². The van der Waals surface area contributed by atoms with Crippen LogP contribution in [0, 0.1) is 5.92 Å². The molecule has 0 saturated carbocycles. The Morgan fingerprint density at radius 1 is 1.40 bits per heavy atom. The minimum Gasteiger partial charge on any atom is -0.371 e. The molecule has 3 heterocycles. The number of primary amides is 1. The minimum atomic E-state index is -0.460. The summed E-state index contributed by atoms with van der Waals surface area (Å²) in [5, 5.41) is 3.61. The molecule has 2 atom stereocenters. The number of pyridine rings is 1. The van der Waals surface area contributed by atoms with Crippen molar-refractivity contribution in [3.63, 3.8) is 0 Å². The number of nitrogens with zero attached hydrogens (tertiary/aromatic N) is 2. The van der Waals surface area contributed by atoms with E-state index in [1.54, 1.807) is 6.20 Å². The van der Waals surface area contributed by atoms with Gasteiger partial charge in [0.05, 0.1) is 0 Å². The predicted octanol–water partition coefficient (Wildman–Crippen LogP) is 1.15. The molecule has 1 aromatic heterocycles. The molecule has 0 aliphatic carbocycles. The zero-order valence-corrected chi connectivity index (χ0v) is 11.7. The molecule has 0 spiro atoms. The molecule has 1 aromatic rings. The maximum absolute atomic E-state index is 11.2. The van der Waals surface area contributed by atoms with Crippen LogP contribution in [0.25, 0.3) is 0 Å². The summed E-state index contributed by atoms with van der Waals surface area (Å²) in [5.74, 6) is 0.245. The van der Waals surface area contributed by atoms with Crippen LogP contribution >= 0.6 is 0 Å². The maximum atomic E-state index is 11.2. The fourth-order valence-electron chi connectivity index (χ4n) is 3.44. The minimum absolute atomic E-state index is 0.351. The van der Waals surface area contributed by atoms with E-state index in [4.69, 9.17) is 5.73 Å². The van der Waals surface area contributed by atoms with Gasteiger partial charge in [0.2, 0.25) is 0 Å². The molecule has 2 aliphatic heterocycles. The van der Waals surface area contributed by atoms with E-state index in [9.17, 15) is 4.79 Å². The lowest BCUT2D eigenvalue weighted by molar-refractivity contribution is 0.0995. The molecule has 5 nitrogen and oxygen atoms in total. The smallest absolute Gasteiger partial charge is 0.267 e. The maximum Gasteiger partial charge on any atom is 0.267 e. The van der Waals surface area contributed by atoms with Crippen LogP contribution < -0.4 is 16.0 Å². The number of piperidine rings is 1. The molecule has 1 amide bonds. The van der Waals surface area contributed by atoms with Crippen LogP contribution in [0.4, 0.5) is 5.69 Å². The second-order valence-electron chi connectivity index (χ2n) is 5.81. The van der Waals surface area contributed by atoms with Gasteiger partial charge in [-0.2, -0.15) is 0 Å². The first kappa shape index (κ1) is 13.4. The van der Waals surface area contributed by atoms with E-state index in [1.165, 1.54) is 25.7 Å². The molecule has 2 fully saturated rings. The molecule has 2 unspecified atom stereocenters. The monoisotopic (exact) mass is 274 g/mol. The van der Waals surface area contributed by atoms with Crippen molar-refractivity contribution in [2.45, 2.75) is 31.7 Å². The number of hydrogen-bond donors (Lipinski definition) is 2. The predicted molar refractivity (Wildman–Crippen MR) is 78.7 cm³/mol. The third-order valence-electron chi connectivity index (χ3n) is 4.49. The number of nitrogens with one attached hydrogen (secondary N) is 1. The second-order valence-corrected chi connectivity index (χ2v) is 5.81. The summed E-state index contributed by atoms with van der Waals surface area (Å²) >= 11 is 0. The van der Waals surface area contributed by atoms with Gasteiger partial charge >= 0.3 is 0 Å². The van der Waals surface area contributed by atoms with Gasteiger partial charge in [-0.1, -0.05) is 0 Å². The summed E-state index contributed by atoms with van der Waals surface area (Å²) in [6, 6.07) is 4.44. The molecule has 20 heavy (non-hydrogen) atoms. The number of anilines is 1. The quantitative estimate of drug-likeness (QED) is 0.867. The van der Waals surface area contributed by atoms with E-state index in [0.717, 1.165) is 25.3 Å². The lowest BCUT2D eigenvalue weighted by Gasteiger charge is -2.37. The topological polar surface area (TPSA) is 71.2 Å². The second kappa shape index (κ2) is 5.79. The zero-order chi connectivity index (χ0) is 13.9. The summed E-state index contributed by atoms with van der Waals surface area (Å²) in [7, 11) is 0.